The highest BCUT2D eigenvalue weighted by Gasteiger charge is 2.09. The van der Waals surface area contributed by atoms with E-state index in [2.05, 4.69) is 20.7 Å². The summed E-state index contributed by atoms with van der Waals surface area (Å²) in [6.45, 7) is 0.679. The number of nitrogen functional groups attached to an aromatic ring is 1. The number of hydrazine groups is 1. The molecule has 24 heavy (non-hydrogen) atoms. The van der Waals surface area contributed by atoms with E-state index in [9.17, 15) is 0 Å². The number of aromatic nitrogens is 2. The SMILES string of the molecule is COc1ccc(CCNc2ncnc(NN(C)C)c2N)cc1OC. The van der Waals surface area contributed by atoms with Gasteiger partial charge in [0.15, 0.2) is 23.1 Å². The molecule has 1 aromatic carbocycles. The lowest BCUT2D eigenvalue weighted by Crippen LogP contribution is -2.22. The van der Waals surface area contributed by atoms with Crippen LogP contribution in [-0.4, -0.2) is 49.8 Å². The Bertz CT molecular complexity index is 678. The van der Waals surface area contributed by atoms with E-state index in [0.717, 1.165) is 12.0 Å². The Morgan fingerprint density at radius 2 is 1.79 bits per heavy atom. The van der Waals surface area contributed by atoms with Gasteiger partial charge in [-0.25, -0.2) is 15.0 Å². The van der Waals surface area contributed by atoms with Crippen molar-refractivity contribution in [3.05, 3.63) is 30.1 Å². The summed E-state index contributed by atoms with van der Waals surface area (Å²) in [7, 11) is 6.98. The zero-order valence-electron chi connectivity index (χ0n) is 14.5. The van der Waals surface area contributed by atoms with Crippen molar-refractivity contribution in [2.24, 2.45) is 0 Å². The number of hydrogen-bond acceptors (Lipinski definition) is 8. The lowest BCUT2D eigenvalue weighted by Gasteiger charge is -2.16. The van der Waals surface area contributed by atoms with Gasteiger partial charge in [-0.15, -0.1) is 0 Å². The van der Waals surface area contributed by atoms with Gasteiger partial charge < -0.3 is 25.9 Å². The predicted octanol–water partition coefficient (Wildman–Crippen LogP) is 1.62. The summed E-state index contributed by atoms with van der Waals surface area (Å²) >= 11 is 0. The summed E-state index contributed by atoms with van der Waals surface area (Å²) in [5, 5.41) is 5.00. The molecule has 0 spiro atoms. The van der Waals surface area contributed by atoms with Gasteiger partial charge in [-0.2, -0.15) is 0 Å². The van der Waals surface area contributed by atoms with Crippen molar-refractivity contribution in [3.63, 3.8) is 0 Å². The Labute approximate surface area is 142 Å². The topological polar surface area (TPSA) is 97.6 Å². The van der Waals surface area contributed by atoms with Crippen LogP contribution in [0.25, 0.3) is 0 Å². The molecule has 4 N–H and O–H groups in total. The van der Waals surface area contributed by atoms with Gasteiger partial charge in [0.25, 0.3) is 0 Å². The minimum absolute atomic E-state index is 0.485. The molecule has 0 amide bonds. The van der Waals surface area contributed by atoms with Gasteiger partial charge in [0.05, 0.1) is 14.2 Å². The van der Waals surface area contributed by atoms with Crippen molar-refractivity contribution >= 4 is 17.3 Å². The van der Waals surface area contributed by atoms with E-state index in [-0.39, 0.29) is 0 Å². The van der Waals surface area contributed by atoms with E-state index in [1.54, 1.807) is 19.2 Å². The molecule has 0 aliphatic heterocycles. The van der Waals surface area contributed by atoms with Crippen LogP contribution >= 0.6 is 0 Å². The summed E-state index contributed by atoms with van der Waals surface area (Å²) in [4.78, 5) is 8.32. The number of nitrogens with two attached hydrogens (primary N) is 1. The first-order valence-corrected chi connectivity index (χ1v) is 7.54. The first kappa shape index (κ1) is 17.6. The molecule has 0 atom stereocenters. The normalized spacial score (nSPS) is 10.5. The third-order valence-corrected chi connectivity index (χ3v) is 3.37. The number of ether oxygens (including phenoxy) is 2. The lowest BCUT2D eigenvalue weighted by atomic mass is 10.1. The van der Waals surface area contributed by atoms with Crippen LogP contribution in [0.4, 0.5) is 17.3 Å². The van der Waals surface area contributed by atoms with Crippen LogP contribution in [0.3, 0.4) is 0 Å². The molecule has 0 radical (unpaired) electrons. The van der Waals surface area contributed by atoms with Gasteiger partial charge in [0, 0.05) is 20.6 Å². The van der Waals surface area contributed by atoms with Crippen molar-refractivity contribution in [1.29, 1.82) is 0 Å². The summed E-state index contributed by atoms with van der Waals surface area (Å²) in [5.41, 5.74) is 10.7. The number of methoxy groups -OCH3 is 2. The largest absolute Gasteiger partial charge is 0.493 e. The Hall–Kier alpha value is -2.74. The molecule has 0 aliphatic rings. The van der Waals surface area contributed by atoms with Crippen molar-refractivity contribution in [2.75, 3.05) is 51.3 Å². The zero-order valence-corrected chi connectivity index (χ0v) is 14.5. The molecule has 0 bridgehead atoms. The quantitative estimate of drug-likeness (QED) is 0.627. The van der Waals surface area contributed by atoms with Crippen LogP contribution in [0.2, 0.25) is 0 Å². The Kier molecular flexibility index (Phi) is 6.02. The summed E-state index contributed by atoms with van der Waals surface area (Å²) in [6, 6.07) is 5.86. The highest BCUT2D eigenvalue weighted by Crippen LogP contribution is 2.28. The van der Waals surface area contributed by atoms with Crippen molar-refractivity contribution in [1.82, 2.24) is 15.0 Å². The summed E-state index contributed by atoms with van der Waals surface area (Å²) in [5.74, 6) is 2.61. The highest BCUT2D eigenvalue weighted by molar-refractivity contribution is 5.73. The van der Waals surface area contributed by atoms with E-state index in [4.69, 9.17) is 15.2 Å². The van der Waals surface area contributed by atoms with Gasteiger partial charge in [-0.05, 0) is 24.1 Å². The Morgan fingerprint density at radius 3 is 2.46 bits per heavy atom. The van der Waals surface area contributed by atoms with Gasteiger partial charge in [-0.3, -0.25) is 0 Å². The first-order valence-electron chi connectivity index (χ1n) is 7.54. The molecule has 0 saturated heterocycles. The smallest absolute Gasteiger partial charge is 0.169 e. The van der Waals surface area contributed by atoms with E-state index >= 15 is 0 Å². The second kappa shape index (κ2) is 8.21. The van der Waals surface area contributed by atoms with Gasteiger partial charge in [0.2, 0.25) is 0 Å². The lowest BCUT2D eigenvalue weighted by molar-refractivity contribution is 0.354. The molecule has 0 saturated carbocycles. The van der Waals surface area contributed by atoms with E-state index in [1.807, 2.05) is 32.3 Å². The number of anilines is 3. The molecule has 1 aromatic heterocycles. The molecule has 8 heteroatoms. The van der Waals surface area contributed by atoms with Crippen molar-refractivity contribution < 1.29 is 9.47 Å². The number of rotatable bonds is 8. The highest BCUT2D eigenvalue weighted by atomic mass is 16.5. The van der Waals surface area contributed by atoms with Gasteiger partial charge in [0.1, 0.15) is 12.0 Å². The minimum atomic E-state index is 0.485. The standard InChI is InChI=1S/C16H24N6O2/c1-22(2)21-16-14(17)15(19-10-20-16)18-8-7-11-5-6-12(23-3)13(9-11)24-4/h5-6,9-10H,7-8,17H2,1-4H3,(H2,18,19,20,21). The van der Waals surface area contributed by atoms with Gasteiger partial charge >= 0.3 is 0 Å². The van der Waals surface area contributed by atoms with Crippen LogP contribution < -0.4 is 25.9 Å². The maximum Gasteiger partial charge on any atom is 0.169 e. The molecule has 8 nitrogen and oxygen atoms in total. The minimum Gasteiger partial charge on any atom is -0.493 e. The molecule has 0 unspecified atom stereocenters. The third-order valence-electron chi connectivity index (χ3n) is 3.37. The maximum atomic E-state index is 6.08. The van der Waals surface area contributed by atoms with Crippen LogP contribution in [-0.2, 0) is 6.42 Å². The van der Waals surface area contributed by atoms with Crippen LogP contribution in [0.15, 0.2) is 24.5 Å². The average Bonchev–Trinajstić information content (AvgIpc) is 2.57. The van der Waals surface area contributed by atoms with E-state index in [1.165, 1.54) is 6.33 Å². The monoisotopic (exact) mass is 332 g/mol. The molecular formula is C16H24N6O2. The number of nitrogens with one attached hydrogen (secondary N) is 2. The zero-order chi connectivity index (χ0) is 17.5. The molecule has 0 fully saturated rings. The fourth-order valence-electron chi connectivity index (χ4n) is 2.20. The summed E-state index contributed by atoms with van der Waals surface area (Å²) < 4.78 is 10.6. The average molecular weight is 332 g/mol. The maximum absolute atomic E-state index is 6.08. The number of benzene rings is 1. The molecule has 1 heterocycles. The molecular weight excluding hydrogens is 308 g/mol. The molecule has 130 valence electrons. The van der Waals surface area contributed by atoms with E-state index < -0.39 is 0 Å². The van der Waals surface area contributed by atoms with Gasteiger partial charge in [-0.1, -0.05) is 6.07 Å². The van der Waals surface area contributed by atoms with Crippen molar-refractivity contribution in [3.8, 4) is 11.5 Å². The third kappa shape index (κ3) is 4.39. The number of nitrogens with zero attached hydrogens (tertiary/aromatic N) is 3. The van der Waals surface area contributed by atoms with Crippen LogP contribution in [0.5, 0.6) is 11.5 Å². The fourth-order valence-corrected chi connectivity index (χ4v) is 2.20. The Balaban J connectivity index is 1.99. The van der Waals surface area contributed by atoms with Crippen molar-refractivity contribution in [2.45, 2.75) is 6.42 Å². The summed E-state index contributed by atoms with van der Waals surface area (Å²) in [6.07, 6.45) is 2.27. The molecule has 2 aromatic rings. The molecule has 2 rings (SSSR count). The van der Waals surface area contributed by atoms with E-state index in [0.29, 0.717) is 35.4 Å². The molecule has 0 aliphatic carbocycles. The second-order valence-electron chi connectivity index (χ2n) is 5.36. The van der Waals surface area contributed by atoms with Crippen LogP contribution in [0, 0.1) is 0 Å². The van der Waals surface area contributed by atoms with Crippen LogP contribution in [0.1, 0.15) is 5.56 Å². The Morgan fingerprint density at radius 1 is 1.08 bits per heavy atom. The predicted molar refractivity (Wildman–Crippen MR) is 95.5 cm³/mol. The second-order valence-corrected chi connectivity index (χ2v) is 5.36. The first-order chi connectivity index (χ1) is 11.5. The fraction of sp³-hybridized carbons (Fsp3) is 0.375. The number of hydrogen-bond donors (Lipinski definition) is 3.